The van der Waals surface area contributed by atoms with Gasteiger partial charge >= 0.3 is 0 Å². The normalized spacial score (nSPS) is 13.3. The number of halogens is 2. The third-order valence-electron chi connectivity index (χ3n) is 3.93. The van der Waals surface area contributed by atoms with E-state index in [1.807, 2.05) is 48.5 Å². The highest BCUT2D eigenvalue weighted by Gasteiger charge is 2.26. The van der Waals surface area contributed by atoms with Crippen LogP contribution in [0.2, 0.25) is 5.02 Å². The summed E-state index contributed by atoms with van der Waals surface area (Å²) in [6.07, 6.45) is 0.395. The first kappa shape index (κ1) is 18.9. The van der Waals surface area contributed by atoms with Crippen molar-refractivity contribution in [2.45, 2.75) is 24.9 Å². The van der Waals surface area contributed by atoms with Crippen molar-refractivity contribution < 1.29 is 14.7 Å². The van der Waals surface area contributed by atoms with E-state index < -0.39 is 5.91 Å². The van der Waals surface area contributed by atoms with Gasteiger partial charge in [0.15, 0.2) is 0 Å². The first-order valence-corrected chi connectivity index (χ1v) is 8.66. The van der Waals surface area contributed by atoms with Crippen LogP contribution in [-0.2, 0) is 16.0 Å². The lowest BCUT2D eigenvalue weighted by molar-refractivity contribution is -0.132. The van der Waals surface area contributed by atoms with Crippen molar-refractivity contribution in [1.82, 2.24) is 5.48 Å². The summed E-state index contributed by atoms with van der Waals surface area (Å²) >= 11 is 9.38. The number of amides is 1. The van der Waals surface area contributed by atoms with Gasteiger partial charge < -0.3 is 4.74 Å². The van der Waals surface area contributed by atoms with Gasteiger partial charge in [-0.3, -0.25) is 10.0 Å². The van der Waals surface area contributed by atoms with E-state index in [4.69, 9.17) is 21.5 Å². The number of rotatable bonds is 7. The summed E-state index contributed by atoms with van der Waals surface area (Å²) in [7, 11) is 1.57. The number of nitrogens with one attached hydrogen (secondary N) is 1. The number of hydrogen-bond donors (Lipinski definition) is 2. The first-order valence-electron chi connectivity index (χ1n) is 7.49. The van der Waals surface area contributed by atoms with Gasteiger partial charge in [-0.2, -0.15) is 0 Å². The molecule has 0 radical (unpaired) electrons. The average Bonchev–Trinajstić information content (AvgIpc) is 2.60. The second kappa shape index (κ2) is 9.18. The molecule has 128 valence electrons. The highest BCUT2D eigenvalue weighted by molar-refractivity contribution is 9.10. The van der Waals surface area contributed by atoms with E-state index in [0.717, 1.165) is 15.6 Å². The fraction of sp³-hybridized carbons (Fsp3) is 0.278. The van der Waals surface area contributed by atoms with Crippen molar-refractivity contribution >= 4 is 33.4 Å². The van der Waals surface area contributed by atoms with Crippen molar-refractivity contribution in [3.05, 3.63) is 69.2 Å². The molecule has 0 saturated carbocycles. The molecule has 0 unspecified atom stereocenters. The third-order valence-corrected chi connectivity index (χ3v) is 4.71. The van der Waals surface area contributed by atoms with E-state index in [2.05, 4.69) is 15.9 Å². The molecule has 2 aromatic rings. The quantitative estimate of drug-likeness (QED) is 0.525. The minimum atomic E-state index is -0.472. The largest absolute Gasteiger partial charge is 0.380 e. The number of hydrogen-bond acceptors (Lipinski definition) is 3. The lowest BCUT2D eigenvalue weighted by Gasteiger charge is -2.26. The molecule has 0 aliphatic rings. The lowest BCUT2D eigenvalue weighted by Crippen LogP contribution is -2.31. The zero-order valence-corrected chi connectivity index (χ0v) is 15.5. The first-order chi connectivity index (χ1) is 11.5. The molecular weight excluding hydrogens is 394 g/mol. The average molecular weight is 413 g/mol. The topological polar surface area (TPSA) is 58.6 Å². The summed E-state index contributed by atoms with van der Waals surface area (Å²) in [6, 6.07) is 15.6. The van der Waals surface area contributed by atoms with Gasteiger partial charge in [0, 0.05) is 22.5 Å². The number of benzene rings is 2. The number of ether oxygens (including phenoxy) is 1. The van der Waals surface area contributed by atoms with E-state index in [1.54, 1.807) is 12.6 Å². The Bertz CT molecular complexity index is 661. The fourth-order valence-electron chi connectivity index (χ4n) is 2.67. The predicted molar refractivity (Wildman–Crippen MR) is 97.4 cm³/mol. The molecule has 0 heterocycles. The van der Waals surface area contributed by atoms with Crippen LogP contribution in [0.5, 0.6) is 0 Å². The van der Waals surface area contributed by atoms with Crippen molar-refractivity contribution in [2.24, 2.45) is 0 Å². The molecule has 6 heteroatoms. The molecule has 2 aromatic carbocycles. The van der Waals surface area contributed by atoms with E-state index in [-0.39, 0.29) is 18.4 Å². The molecule has 0 bridgehead atoms. The standard InChI is InChI=1S/C18H19BrClNO3/c1-24-17(11-18(22)21-23)16(13-4-6-14(19)7-5-13)10-12-2-8-15(20)9-3-12/h2-9,16-17,23H,10-11H2,1H3,(H,21,22)/t16-,17-/m1/s1. The molecule has 24 heavy (non-hydrogen) atoms. The Labute approximate surface area is 154 Å². The van der Waals surface area contributed by atoms with Crippen LogP contribution in [0.4, 0.5) is 0 Å². The maximum absolute atomic E-state index is 11.6. The third kappa shape index (κ3) is 5.31. The zero-order chi connectivity index (χ0) is 17.5. The van der Waals surface area contributed by atoms with Gasteiger partial charge in [0.1, 0.15) is 0 Å². The van der Waals surface area contributed by atoms with Crippen LogP contribution in [-0.4, -0.2) is 24.3 Å². The monoisotopic (exact) mass is 411 g/mol. The Hall–Kier alpha value is -1.40. The molecule has 2 atom stereocenters. The Morgan fingerprint density at radius 1 is 1.21 bits per heavy atom. The molecule has 4 nitrogen and oxygen atoms in total. The smallest absolute Gasteiger partial charge is 0.245 e. The molecular formula is C18H19BrClNO3. The van der Waals surface area contributed by atoms with Crippen LogP contribution in [0, 0.1) is 0 Å². The van der Waals surface area contributed by atoms with Crippen LogP contribution in [0.25, 0.3) is 0 Å². The van der Waals surface area contributed by atoms with Crippen LogP contribution >= 0.6 is 27.5 Å². The molecule has 2 N–H and O–H groups in total. The number of methoxy groups -OCH3 is 1. The number of hydroxylamine groups is 1. The Balaban J connectivity index is 2.30. The summed E-state index contributed by atoms with van der Waals surface area (Å²) in [6.45, 7) is 0. The van der Waals surface area contributed by atoms with E-state index in [1.165, 1.54) is 0 Å². The highest BCUT2D eigenvalue weighted by atomic mass is 79.9. The molecule has 0 spiro atoms. The molecule has 0 aliphatic carbocycles. The van der Waals surface area contributed by atoms with Crippen LogP contribution in [0.15, 0.2) is 53.0 Å². The molecule has 2 rings (SSSR count). The van der Waals surface area contributed by atoms with Gasteiger partial charge in [0.05, 0.1) is 12.5 Å². The molecule has 0 aliphatic heterocycles. The van der Waals surface area contributed by atoms with Gasteiger partial charge in [-0.1, -0.05) is 51.8 Å². The lowest BCUT2D eigenvalue weighted by atomic mass is 9.86. The summed E-state index contributed by atoms with van der Waals surface area (Å²) in [5, 5.41) is 9.49. The summed E-state index contributed by atoms with van der Waals surface area (Å²) in [5.41, 5.74) is 3.83. The van der Waals surface area contributed by atoms with E-state index in [0.29, 0.717) is 11.4 Å². The van der Waals surface area contributed by atoms with Crippen LogP contribution in [0.3, 0.4) is 0 Å². The van der Waals surface area contributed by atoms with Crippen LogP contribution in [0.1, 0.15) is 23.5 Å². The van der Waals surface area contributed by atoms with Crippen LogP contribution < -0.4 is 5.48 Å². The van der Waals surface area contributed by atoms with Crippen molar-refractivity contribution in [3.8, 4) is 0 Å². The summed E-state index contributed by atoms with van der Waals surface area (Å²) in [4.78, 5) is 11.6. The zero-order valence-electron chi connectivity index (χ0n) is 13.2. The minimum absolute atomic E-state index is 0.0402. The molecule has 0 saturated heterocycles. The van der Waals surface area contributed by atoms with Gasteiger partial charge in [0.25, 0.3) is 0 Å². The number of carbonyl (C=O) groups excluding carboxylic acids is 1. The highest BCUT2D eigenvalue weighted by Crippen LogP contribution is 2.29. The summed E-state index contributed by atoms with van der Waals surface area (Å²) in [5.74, 6) is -0.512. The molecule has 0 fully saturated rings. The fourth-order valence-corrected chi connectivity index (χ4v) is 3.06. The maximum atomic E-state index is 11.6. The second-order valence-corrected chi connectivity index (χ2v) is 6.85. The van der Waals surface area contributed by atoms with Gasteiger partial charge in [-0.25, -0.2) is 5.48 Å². The van der Waals surface area contributed by atoms with E-state index >= 15 is 0 Å². The number of carbonyl (C=O) groups is 1. The van der Waals surface area contributed by atoms with Gasteiger partial charge in [-0.05, 0) is 41.8 Å². The second-order valence-electron chi connectivity index (χ2n) is 5.50. The van der Waals surface area contributed by atoms with Gasteiger partial charge in [-0.15, -0.1) is 0 Å². The maximum Gasteiger partial charge on any atom is 0.245 e. The Morgan fingerprint density at radius 2 is 1.83 bits per heavy atom. The van der Waals surface area contributed by atoms with Gasteiger partial charge in [0.2, 0.25) is 5.91 Å². The summed E-state index contributed by atoms with van der Waals surface area (Å²) < 4.78 is 6.54. The Kier molecular flexibility index (Phi) is 7.24. The van der Waals surface area contributed by atoms with E-state index in [9.17, 15) is 4.79 Å². The predicted octanol–water partition coefficient (Wildman–Crippen LogP) is 4.34. The Morgan fingerprint density at radius 3 is 2.38 bits per heavy atom. The minimum Gasteiger partial charge on any atom is -0.380 e. The molecule has 1 amide bonds. The van der Waals surface area contributed by atoms with Crippen molar-refractivity contribution in [3.63, 3.8) is 0 Å². The van der Waals surface area contributed by atoms with Crippen molar-refractivity contribution in [2.75, 3.05) is 7.11 Å². The molecule has 0 aromatic heterocycles. The SMILES string of the molecule is CO[C@H](CC(=O)NO)[C@H](Cc1ccc(Cl)cc1)c1ccc(Br)cc1. The van der Waals surface area contributed by atoms with Crippen molar-refractivity contribution in [1.29, 1.82) is 0 Å².